The molecule has 0 radical (unpaired) electrons. The third-order valence-electron chi connectivity index (χ3n) is 5.13. The zero-order chi connectivity index (χ0) is 21.3. The topological polar surface area (TPSA) is 59.8 Å². The van der Waals surface area contributed by atoms with E-state index in [1.165, 1.54) is 5.56 Å². The van der Waals surface area contributed by atoms with E-state index in [1.807, 2.05) is 55.1 Å². The van der Waals surface area contributed by atoms with Gasteiger partial charge in [0.05, 0.1) is 17.8 Å². The lowest BCUT2D eigenvalue weighted by atomic mass is 10.1. The highest BCUT2D eigenvalue weighted by Crippen LogP contribution is 2.26. The van der Waals surface area contributed by atoms with E-state index in [1.54, 1.807) is 11.3 Å². The van der Waals surface area contributed by atoms with E-state index in [4.69, 9.17) is 4.98 Å². The van der Waals surface area contributed by atoms with Gasteiger partial charge in [-0.15, -0.1) is 11.3 Å². The van der Waals surface area contributed by atoms with Crippen molar-refractivity contribution >= 4 is 22.9 Å². The number of nitrogens with zero attached hydrogens (tertiary/aromatic N) is 3. The highest BCUT2D eigenvalue weighted by atomic mass is 32.1. The van der Waals surface area contributed by atoms with Gasteiger partial charge in [-0.25, -0.2) is 9.67 Å². The van der Waals surface area contributed by atoms with Gasteiger partial charge in [0.15, 0.2) is 0 Å². The van der Waals surface area contributed by atoms with Gasteiger partial charge in [0.2, 0.25) is 11.0 Å². The van der Waals surface area contributed by atoms with Crippen molar-refractivity contribution in [2.45, 2.75) is 34.1 Å². The van der Waals surface area contributed by atoms with Crippen LogP contribution in [0.15, 0.2) is 53.9 Å². The summed E-state index contributed by atoms with van der Waals surface area (Å²) in [6, 6.07) is 16.1. The highest BCUT2D eigenvalue weighted by Gasteiger charge is 2.18. The lowest BCUT2D eigenvalue weighted by molar-refractivity contribution is -0.115. The van der Waals surface area contributed by atoms with E-state index in [0.717, 1.165) is 44.6 Å². The largest absolute Gasteiger partial charge is 0.326 e. The molecule has 0 aliphatic rings. The average molecular weight is 417 g/mol. The molecule has 0 saturated carbocycles. The van der Waals surface area contributed by atoms with Gasteiger partial charge < -0.3 is 5.32 Å². The van der Waals surface area contributed by atoms with Crippen LogP contribution in [0, 0.1) is 27.7 Å². The lowest BCUT2D eigenvalue weighted by Gasteiger charge is -2.06. The Kier molecular flexibility index (Phi) is 5.50. The first kappa shape index (κ1) is 20.0. The van der Waals surface area contributed by atoms with Gasteiger partial charge in [-0.2, -0.15) is 5.10 Å². The summed E-state index contributed by atoms with van der Waals surface area (Å²) < 4.78 is 1.84. The molecule has 0 aliphatic carbocycles. The van der Waals surface area contributed by atoms with E-state index in [9.17, 15) is 4.79 Å². The Labute approximate surface area is 180 Å². The minimum atomic E-state index is -0.0518. The second kappa shape index (κ2) is 8.24. The number of aryl methyl sites for hydroxylation is 3. The normalized spacial score (nSPS) is 10.9. The SMILES string of the molecule is Cc1ccc(NC(=O)Cc2c(C)nn(-c3nc(-c4ccc(C)cc4)cs3)c2C)cc1. The molecule has 2 aromatic carbocycles. The van der Waals surface area contributed by atoms with Crippen LogP contribution in [0.2, 0.25) is 0 Å². The Balaban J connectivity index is 1.54. The quantitative estimate of drug-likeness (QED) is 0.473. The Morgan fingerprint density at radius 1 is 0.967 bits per heavy atom. The van der Waals surface area contributed by atoms with Crippen LogP contribution in [-0.4, -0.2) is 20.7 Å². The summed E-state index contributed by atoms with van der Waals surface area (Å²) in [7, 11) is 0. The minimum Gasteiger partial charge on any atom is -0.326 e. The van der Waals surface area contributed by atoms with Crippen molar-refractivity contribution in [2.24, 2.45) is 0 Å². The monoisotopic (exact) mass is 416 g/mol. The van der Waals surface area contributed by atoms with Gasteiger partial charge >= 0.3 is 0 Å². The van der Waals surface area contributed by atoms with E-state index in [2.05, 4.69) is 41.6 Å². The molecule has 0 spiro atoms. The van der Waals surface area contributed by atoms with Crippen LogP contribution >= 0.6 is 11.3 Å². The predicted octanol–water partition coefficient (Wildman–Crippen LogP) is 5.41. The molecule has 0 fully saturated rings. The zero-order valence-corrected chi connectivity index (χ0v) is 18.4. The van der Waals surface area contributed by atoms with Crippen LogP contribution in [0.1, 0.15) is 28.1 Å². The molecule has 2 aromatic heterocycles. The minimum absolute atomic E-state index is 0.0518. The van der Waals surface area contributed by atoms with E-state index in [0.29, 0.717) is 0 Å². The first-order valence-corrected chi connectivity index (χ1v) is 10.7. The van der Waals surface area contributed by atoms with E-state index in [-0.39, 0.29) is 12.3 Å². The maximum atomic E-state index is 12.6. The molecule has 4 rings (SSSR count). The third-order valence-corrected chi connectivity index (χ3v) is 5.95. The van der Waals surface area contributed by atoms with Crippen LogP contribution in [0.25, 0.3) is 16.4 Å². The van der Waals surface area contributed by atoms with Gasteiger partial charge in [-0.05, 0) is 39.8 Å². The molecule has 6 heteroatoms. The molecule has 152 valence electrons. The Morgan fingerprint density at radius 3 is 2.27 bits per heavy atom. The molecule has 30 heavy (non-hydrogen) atoms. The van der Waals surface area contributed by atoms with Crippen LogP contribution in [0.4, 0.5) is 5.69 Å². The molecule has 1 N–H and O–H groups in total. The van der Waals surface area contributed by atoms with Crippen molar-refractivity contribution in [3.8, 4) is 16.4 Å². The smallest absolute Gasteiger partial charge is 0.228 e. The molecule has 0 unspecified atom stereocenters. The summed E-state index contributed by atoms with van der Waals surface area (Å²) in [5, 5.41) is 10.5. The molecule has 0 atom stereocenters. The average Bonchev–Trinajstić information content (AvgIpc) is 3.31. The molecule has 0 bridgehead atoms. The molecule has 5 nitrogen and oxygen atoms in total. The Morgan fingerprint density at radius 2 is 1.60 bits per heavy atom. The molecular weight excluding hydrogens is 392 g/mol. The van der Waals surface area contributed by atoms with Gasteiger partial charge in [-0.3, -0.25) is 4.79 Å². The van der Waals surface area contributed by atoms with Crippen molar-refractivity contribution in [3.63, 3.8) is 0 Å². The standard InChI is InChI=1S/C24H24N4OS/c1-15-5-9-19(10-6-15)22-14-30-24(26-22)28-18(4)21(17(3)27-28)13-23(29)25-20-11-7-16(2)8-12-20/h5-12,14H,13H2,1-4H3,(H,25,29). The summed E-state index contributed by atoms with van der Waals surface area (Å²) in [5.41, 5.74) is 7.93. The number of hydrogen-bond acceptors (Lipinski definition) is 4. The zero-order valence-electron chi connectivity index (χ0n) is 17.6. The van der Waals surface area contributed by atoms with Crippen molar-refractivity contribution in [1.29, 1.82) is 0 Å². The van der Waals surface area contributed by atoms with Gasteiger partial charge in [0.25, 0.3) is 0 Å². The highest BCUT2D eigenvalue weighted by molar-refractivity contribution is 7.12. The fourth-order valence-electron chi connectivity index (χ4n) is 3.34. The second-order valence-electron chi connectivity index (χ2n) is 7.53. The fourth-order valence-corrected chi connectivity index (χ4v) is 4.17. The third kappa shape index (κ3) is 4.19. The Hall–Kier alpha value is -3.25. The van der Waals surface area contributed by atoms with Crippen molar-refractivity contribution in [1.82, 2.24) is 14.8 Å². The lowest BCUT2D eigenvalue weighted by Crippen LogP contribution is -2.15. The fraction of sp³-hybridized carbons (Fsp3) is 0.208. The Bertz CT molecular complexity index is 1190. The van der Waals surface area contributed by atoms with Crippen LogP contribution in [0.3, 0.4) is 0 Å². The van der Waals surface area contributed by atoms with Gasteiger partial charge in [0, 0.05) is 27.9 Å². The van der Waals surface area contributed by atoms with Crippen molar-refractivity contribution < 1.29 is 4.79 Å². The molecule has 0 saturated heterocycles. The van der Waals surface area contributed by atoms with Crippen molar-refractivity contribution in [2.75, 3.05) is 5.32 Å². The van der Waals surface area contributed by atoms with Crippen LogP contribution in [-0.2, 0) is 11.2 Å². The van der Waals surface area contributed by atoms with Crippen LogP contribution in [0.5, 0.6) is 0 Å². The number of carbonyl (C=O) groups excluding carboxylic acids is 1. The first-order chi connectivity index (χ1) is 14.4. The second-order valence-corrected chi connectivity index (χ2v) is 8.37. The number of aromatic nitrogens is 3. The van der Waals surface area contributed by atoms with Gasteiger partial charge in [0.1, 0.15) is 0 Å². The molecule has 2 heterocycles. The molecular formula is C24H24N4OS. The van der Waals surface area contributed by atoms with Crippen molar-refractivity contribution in [3.05, 3.63) is 82.0 Å². The number of thiazole rings is 1. The number of nitrogens with one attached hydrogen (secondary N) is 1. The summed E-state index contributed by atoms with van der Waals surface area (Å²) >= 11 is 1.55. The molecule has 0 aliphatic heterocycles. The van der Waals surface area contributed by atoms with Crippen LogP contribution < -0.4 is 5.32 Å². The number of carbonyl (C=O) groups is 1. The predicted molar refractivity (Wildman–Crippen MR) is 122 cm³/mol. The maximum Gasteiger partial charge on any atom is 0.228 e. The maximum absolute atomic E-state index is 12.6. The number of rotatable bonds is 5. The van der Waals surface area contributed by atoms with Gasteiger partial charge in [-0.1, -0.05) is 47.5 Å². The number of benzene rings is 2. The van der Waals surface area contributed by atoms with E-state index < -0.39 is 0 Å². The molecule has 4 aromatic rings. The first-order valence-electron chi connectivity index (χ1n) is 9.85. The summed E-state index contributed by atoms with van der Waals surface area (Å²) in [6.45, 7) is 8.02. The number of amides is 1. The molecule has 1 amide bonds. The summed E-state index contributed by atoms with van der Waals surface area (Å²) in [5.74, 6) is -0.0518. The number of anilines is 1. The summed E-state index contributed by atoms with van der Waals surface area (Å²) in [6.07, 6.45) is 0.280. The summed E-state index contributed by atoms with van der Waals surface area (Å²) in [4.78, 5) is 17.3. The number of hydrogen-bond donors (Lipinski definition) is 1. The van der Waals surface area contributed by atoms with E-state index >= 15 is 0 Å².